The van der Waals surface area contributed by atoms with Crippen molar-refractivity contribution in [1.82, 2.24) is 0 Å². The Morgan fingerprint density at radius 3 is 2.12 bits per heavy atom. The maximum atomic E-state index is 13.1. The third kappa shape index (κ3) is 4.62. The van der Waals surface area contributed by atoms with Crippen LogP contribution in [0.2, 0.25) is 0 Å². The van der Waals surface area contributed by atoms with Crippen molar-refractivity contribution in [2.24, 2.45) is 0 Å². The Labute approximate surface area is 189 Å². The lowest BCUT2D eigenvalue weighted by molar-refractivity contribution is -0.142. The second-order valence-corrected chi connectivity index (χ2v) is 6.97. The van der Waals surface area contributed by atoms with E-state index >= 15 is 0 Å². The highest BCUT2D eigenvalue weighted by molar-refractivity contribution is 6.01. The SMILES string of the molecule is COC(=O)[C@@H](CC(=O)c1ccc(OC)c(OC)c1)c1cc(=O)oc2c(OC)c(OC)ccc12. The van der Waals surface area contributed by atoms with Crippen LogP contribution in [-0.4, -0.2) is 47.3 Å². The Balaban J connectivity index is 2.12. The maximum Gasteiger partial charge on any atom is 0.336 e. The molecular weight excluding hydrogens is 432 g/mol. The van der Waals surface area contributed by atoms with Crippen molar-refractivity contribution in [3.8, 4) is 23.0 Å². The molecule has 2 aromatic carbocycles. The summed E-state index contributed by atoms with van der Waals surface area (Å²) in [6.45, 7) is 0. The van der Waals surface area contributed by atoms with Crippen molar-refractivity contribution in [2.45, 2.75) is 12.3 Å². The van der Waals surface area contributed by atoms with Crippen molar-refractivity contribution in [2.75, 3.05) is 35.5 Å². The molecule has 3 aromatic rings. The number of Topliss-reactive ketones (excluding diaryl/α,β-unsaturated/α-hetero) is 1. The molecule has 0 aliphatic rings. The first-order valence-corrected chi connectivity index (χ1v) is 9.90. The molecule has 0 bridgehead atoms. The summed E-state index contributed by atoms with van der Waals surface area (Å²) in [6.07, 6.45) is -0.255. The van der Waals surface area contributed by atoms with Gasteiger partial charge >= 0.3 is 11.6 Å². The van der Waals surface area contributed by atoms with Crippen molar-refractivity contribution in [3.05, 3.63) is 57.9 Å². The second-order valence-electron chi connectivity index (χ2n) is 6.97. The van der Waals surface area contributed by atoms with Crippen LogP contribution in [0.25, 0.3) is 11.0 Å². The van der Waals surface area contributed by atoms with Gasteiger partial charge in [-0.1, -0.05) is 0 Å². The van der Waals surface area contributed by atoms with E-state index in [-0.39, 0.29) is 29.1 Å². The van der Waals surface area contributed by atoms with Crippen LogP contribution in [0.4, 0.5) is 0 Å². The number of carbonyl (C=O) groups is 2. The molecule has 0 unspecified atom stereocenters. The lowest BCUT2D eigenvalue weighted by atomic mass is 9.89. The first-order valence-electron chi connectivity index (χ1n) is 9.90. The number of benzene rings is 2. The summed E-state index contributed by atoms with van der Waals surface area (Å²) >= 11 is 0. The minimum Gasteiger partial charge on any atom is -0.493 e. The van der Waals surface area contributed by atoms with Gasteiger partial charge in [0.25, 0.3) is 0 Å². The Morgan fingerprint density at radius 1 is 0.848 bits per heavy atom. The van der Waals surface area contributed by atoms with Crippen LogP contribution in [0.15, 0.2) is 45.6 Å². The number of fused-ring (bicyclic) bond motifs is 1. The summed E-state index contributed by atoms with van der Waals surface area (Å²) in [7, 11) is 7.02. The predicted octanol–water partition coefficient (Wildman–Crippen LogP) is 3.36. The third-order valence-electron chi connectivity index (χ3n) is 5.24. The summed E-state index contributed by atoms with van der Waals surface area (Å²) in [5, 5.41) is 0.419. The molecule has 3 rings (SSSR count). The van der Waals surface area contributed by atoms with Gasteiger partial charge in [0.1, 0.15) is 0 Å². The number of rotatable bonds is 9. The fraction of sp³-hybridized carbons (Fsp3) is 0.292. The molecule has 0 aliphatic carbocycles. The zero-order valence-corrected chi connectivity index (χ0v) is 18.9. The van der Waals surface area contributed by atoms with Crippen LogP contribution >= 0.6 is 0 Å². The van der Waals surface area contributed by atoms with Gasteiger partial charge in [0.05, 0.1) is 41.5 Å². The summed E-state index contributed by atoms with van der Waals surface area (Å²) in [6, 6.07) is 9.13. The molecule has 1 heterocycles. The number of ether oxygens (including phenoxy) is 5. The van der Waals surface area contributed by atoms with Gasteiger partial charge < -0.3 is 28.1 Å². The summed E-state index contributed by atoms with van der Waals surface area (Å²) in [5.74, 6) is -0.712. The molecule has 0 radical (unpaired) electrons. The number of methoxy groups -OCH3 is 5. The number of esters is 1. The Morgan fingerprint density at radius 2 is 1.52 bits per heavy atom. The van der Waals surface area contributed by atoms with Gasteiger partial charge in [0, 0.05) is 23.4 Å². The van der Waals surface area contributed by atoms with Gasteiger partial charge in [-0.15, -0.1) is 0 Å². The highest BCUT2D eigenvalue weighted by Crippen LogP contribution is 2.39. The quantitative estimate of drug-likeness (QED) is 0.272. The monoisotopic (exact) mass is 456 g/mol. The van der Waals surface area contributed by atoms with Crippen molar-refractivity contribution >= 4 is 22.7 Å². The average molecular weight is 456 g/mol. The molecule has 0 spiro atoms. The molecule has 33 heavy (non-hydrogen) atoms. The van der Waals surface area contributed by atoms with Crippen LogP contribution in [-0.2, 0) is 9.53 Å². The average Bonchev–Trinajstić information content (AvgIpc) is 2.84. The van der Waals surface area contributed by atoms with Crippen LogP contribution in [0.1, 0.15) is 28.3 Å². The third-order valence-corrected chi connectivity index (χ3v) is 5.24. The van der Waals surface area contributed by atoms with E-state index in [9.17, 15) is 14.4 Å². The molecule has 1 aromatic heterocycles. The first-order chi connectivity index (χ1) is 15.9. The first kappa shape index (κ1) is 23.6. The molecule has 0 aliphatic heterocycles. The van der Waals surface area contributed by atoms with Crippen molar-refractivity contribution in [1.29, 1.82) is 0 Å². The Hall–Kier alpha value is -4.01. The van der Waals surface area contributed by atoms with E-state index in [4.69, 9.17) is 28.1 Å². The molecule has 0 amide bonds. The summed E-state index contributed by atoms with van der Waals surface area (Å²) < 4.78 is 31.4. The van der Waals surface area contributed by atoms with Gasteiger partial charge in [0.15, 0.2) is 28.6 Å². The minimum atomic E-state index is -1.07. The standard InChI is InChI=1S/C24H24O9/c1-28-18-8-6-13(10-20(18)30-3)17(25)11-16(24(27)32-5)15-12-21(26)33-22-14(15)7-9-19(29-2)23(22)31-4/h6-10,12,16H,11H2,1-5H3/t16-/m0/s1. The van der Waals surface area contributed by atoms with E-state index in [2.05, 4.69) is 0 Å². The van der Waals surface area contributed by atoms with E-state index in [1.165, 1.54) is 47.7 Å². The number of carbonyl (C=O) groups excluding carboxylic acids is 2. The molecule has 1 atom stereocenters. The van der Waals surface area contributed by atoms with Gasteiger partial charge in [-0.3, -0.25) is 9.59 Å². The molecule has 174 valence electrons. The molecule has 0 saturated carbocycles. The maximum absolute atomic E-state index is 13.1. The van der Waals surface area contributed by atoms with E-state index < -0.39 is 17.5 Å². The normalized spacial score (nSPS) is 11.5. The predicted molar refractivity (Wildman–Crippen MR) is 119 cm³/mol. The van der Waals surface area contributed by atoms with Crippen molar-refractivity contribution in [3.63, 3.8) is 0 Å². The van der Waals surface area contributed by atoms with Crippen LogP contribution < -0.4 is 24.6 Å². The molecule has 0 fully saturated rings. The zero-order valence-electron chi connectivity index (χ0n) is 18.9. The van der Waals surface area contributed by atoms with Crippen molar-refractivity contribution < 1.29 is 37.7 Å². The topological polar surface area (TPSA) is 111 Å². The van der Waals surface area contributed by atoms with Crippen LogP contribution in [0.3, 0.4) is 0 Å². The summed E-state index contributed by atoms with van der Waals surface area (Å²) in [4.78, 5) is 38.2. The van der Waals surface area contributed by atoms with Crippen LogP contribution in [0, 0.1) is 0 Å². The smallest absolute Gasteiger partial charge is 0.336 e. The van der Waals surface area contributed by atoms with E-state index in [0.29, 0.717) is 28.2 Å². The van der Waals surface area contributed by atoms with Gasteiger partial charge in [-0.25, -0.2) is 4.79 Å². The Kier molecular flexibility index (Phi) is 7.22. The Bertz CT molecular complexity index is 1240. The minimum absolute atomic E-state index is 0.104. The fourth-order valence-electron chi connectivity index (χ4n) is 3.63. The van der Waals surface area contributed by atoms with Gasteiger partial charge in [0.2, 0.25) is 5.75 Å². The second kappa shape index (κ2) is 10.1. The zero-order chi connectivity index (χ0) is 24.1. The van der Waals surface area contributed by atoms with Gasteiger partial charge in [-0.2, -0.15) is 0 Å². The van der Waals surface area contributed by atoms with Gasteiger partial charge in [-0.05, 0) is 35.9 Å². The lowest BCUT2D eigenvalue weighted by Gasteiger charge is -2.18. The number of ketones is 1. The molecular formula is C24H24O9. The largest absolute Gasteiger partial charge is 0.493 e. The summed E-state index contributed by atoms with van der Waals surface area (Å²) in [5.41, 5.74) is -0.0145. The lowest BCUT2D eigenvalue weighted by Crippen LogP contribution is -2.20. The number of hydrogen-bond donors (Lipinski definition) is 0. The van der Waals surface area contributed by atoms with E-state index in [1.807, 2.05) is 0 Å². The number of hydrogen-bond acceptors (Lipinski definition) is 9. The van der Waals surface area contributed by atoms with E-state index in [1.54, 1.807) is 24.3 Å². The van der Waals surface area contributed by atoms with Crippen LogP contribution in [0.5, 0.6) is 23.0 Å². The molecule has 9 heteroatoms. The molecule has 0 N–H and O–H groups in total. The highest BCUT2D eigenvalue weighted by atomic mass is 16.5. The van der Waals surface area contributed by atoms with E-state index in [0.717, 1.165) is 0 Å². The fourth-order valence-corrected chi connectivity index (χ4v) is 3.63. The highest BCUT2D eigenvalue weighted by Gasteiger charge is 2.29. The molecule has 0 saturated heterocycles. The molecule has 9 nitrogen and oxygen atoms in total.